The van der Waals surface area contributed by atoms with Crippen LogP contribution in [0, 0.1) is 0 Å². The Bertz CT molecular complexity index is 565. The summed E-state index contributed by atoms with van der Waals surface area (Å²) in [6.07, 6.45) is 4.08. The number of nitrogens with zero attached hydrogens (tertiary/aromatic N) is 1. The number of hydrogen-bond acceptors (Lipinski definition) is 4. The molecule has 0 radical (unpaired) electrons. The second-order valence-electron chi connectivity index (χ2n) is 6.07. The maximum Gasteiger partial charge on any atom is 0.254 e. The van der Waals surface area contributed by atoms with E-state index in [1.807, 2.05) is 11.9 Å². The van der Waals surface area contributed by atoms with Crippen molar-refractivity contribution in [1.82, 2.24) is 10.2 Å². The van der Waals surface area contributed by atoms with Gasteiger partial charge in [0.15, 0.2) is 11.5 Å². The molecule has 1 fully saturated rings. The van der Waals surface area contributed by atoms with Crippen LogP contribution in [0.1, 0.15) is 43.0 Å². The maximum atomic E-state index is 12.8. The fraction of sp³-hybridized carbons (Fsp3) is 0.611. The van der Waals surface area contributed by atoms with Gasteiger partial charge in [-0.3, -0.25) is 4.79 Å². The molecule has 1 atom stereocenters. The zero-order valence-corrected chi connectivity index (χ0v) is 15.5. The number of piperidine rings is 1. The first-order valence-corrected chi connectivity index (χ1v) is 8.95. The first-order valence-electron chi connectivity index (χ1n) is 8.57. The number of amides is 1. The van der Waals surface area contributed by atoms with Gasteiger partial charge >= 0.3 is 0 Å². The topological polar surface area (TPSA) is 50.8 Å². The second kappa shape index (κ2) is 9.14. The molecule has 0 bridgehead atoms. The maximum absolute atomic E-state index is 12.8. The SMILES string of the molecule is CCCCOc1c(Cl)cc(C(=O)N2CCCC(NC)C2)cc1OC. The van der Waals surface area contributed by atoms with Crippen molar-refractivity contribution in [2.45, 2.75) is 38.6 Å². The highest BCUT2D eigenvalue weighted by Crippen LogP contribution is 2.37. The van der Waals surface area contributed by atoms with E-state index in [-0.39, 0.29) is 5.91 Å². The van der Waals surface area contributed by atoms with E-state index < -0.39 is 0 Å². The van der Waals surface area contributed by atoms with Gasteiger partial charge in [0.25, 0.3) is 5.91 Å². The highest BCUT2D eigenvalue weighted by Gasteiger charge is 2.25. The number of likely N-dealkylation sites (tertiary alicyclic amines) is 1. The molecule has 0 aromatic heterocycles. The minimum atomic E-state index is -0.0183. The van der Waals surface area contributed by atoms with Gasteiger partial charge in [0.1, 0.15) is 0 Å². The number of methoxy groups -OCH3 is 1. The van der Waals surface area contributed by atoms with Gasteiger partial charge in [-0.15, -0.1) is 0 Å². The molecule has 6 heteroatoms. The first-order chi connectivity index (χ1) is 11.6. The van der Waals surface area contributed by atoms with E-state index in [0.29, 0.717) is 41.3 Å². The smallest absolute Gasteiger partial charge is 0.254 e. The predicted octanol–water partition coefficient (Wildman–Crippen LogP) is 3.35. The lowest BCUT2D eigenvalue weighted by atomic mass is 10.0. The molecule has 1 aromatic rings. The summed E-state index contributed by atoms with van der Waals surface area (Å²) in [6, 6.07) is 3.74. The number of carbonyl (C=O) groups is 1. The summed E-state index contributed by atoms with van der Waals surface area (Å²) < 4.78 is 11.1. The average Bonchev–Trinajstić information content (AvgIpc) is 2.62. The molecule has 1 saturated heterocycles. The number of halogens is 1. The van der Waals surface area contributed by atoms with E-state index in [2.05, 4.69) is 12.2 Å². The Morgan fingerprint density at radius 2 is 2.25 bits per heavy atom. The van der Waals surface area contributed by atoms with E-state index >= 15 is 0 Å². The Balaban J connectivity index is 2.18. The summed E-state index contributed by atoms with van der Waals surface area (Å²) in [6.45, 7) is 4.16. The second-order valence-corrected chi connectivity index (χ2v) is 6.48. The van der Waals surface area contributed by atoms with E-state index in [9.17, 15) is 4.79 Å². The molecule has 1 aliphatic heterocycles. The number of benzene rings is 1. The Hall–Kier alpha value is -1.46. The summed E-state index contributed by atoms with van der Waals surface area (Å²) in [5, 5.41) is 3.66. The largest absolute Gasteiger partial charge is 0.493 e. The summed E-state index contributed by atoms with van der Waals surface area (Å²) in [5.41, 5.74) is 0.538. The number of carbonyl (C=O) groups excluding carboxylic acids is 1. The van der Waals surface area contributed by atoms with Gasteiger partial charge in [-0.1, -0.05) is 24.9 Å². The first kappa shape index (κ1) is 18.9. The van der Waals surface area contributed by atoms with Gasteiger partial charge in [-0.05, 0) is 38.4 Å². The molecule has 134 valence electrons. The molecule has 1 aromatic carbocycles. The van der Waals surface area contributed by atoms with E-state index in [0.717, 1.165) is 32.2 Å². The molecule has 1 N–H and O–H groups in total. The number of rotatable bonds is 7. The molecule has 0 spiro atoms. The normalized spacial score (nSPS) is 17.7. The third-order valence-electron chi connectivity index (χ3n) is 4.34. The zero-order chi connectivity index (χ0) is 17.5. The predicted molar refractivity (Wildman–Crippen MR) is 96.4 cm³/mol. The van der Waals surface area contributed by atoms with Crippen molar-refractivity contribution in [1.29, 1.82) is 0 Å². The molecular formula is C18H27ClN2O3. The molecular weight excluding hydrogens is 328 g/mol. The van der Waals surface area contributed by atoms with Crippen molar-refractivity contribution in [3.63, 3.8) is 0 Å². The van der Waals surface area contributed by atoms with Crippen LogP contribution in [0.15, 0.2) is 12.1 Å². The summed E-state index contributed by atoms with van der Waals surface area (Å²) in [5.74, 6) is 0.996. The van der Waals surface area contributed by atoms with E-state index in [1.54, 1.807) is 19.2 Å². The minimum Gasteiger partial charge on any atom is -0.493 e. The lowest BCUT2D eigenvalue weighted by Crippen LogP contribution is -2.46. The van der Waals surface area contributed by atoms with Gasteiger partial charge in [0.05, 0.1) is 18.7 Å². The number of ether oxygens (including phenoxy) is 2. The van der Waals surface area contributed by atoms with Crippen molar-refractivity contribution < 1.29 is 14.3 Å². The van der Waals surface area contributed by atoms with Crippen LogP contribution >= 0.6 is 11.6 Å². The standard InChI is InChI=1S/C18H27ClN2O3/c1-4-5-9-24-17-15(19)10-13(11-16(17)23-3)18(22)21-8-6-7-14(12-21)20-2/h10-11,14,20H,4-9,12H2,1-3H3. The summed E-state index contributed by atoms with van der Waals surface area (Å²) in [7, 11) is 3.49. The Labute approximate surface area is 149 Å². The fourth-order valence-corrected chi connectivity index (χ4v) is 3.15. The zero-order valence-electron chi connectivity index (χ0n) is 14.7. The number of likely N-dealkylation sites (N-methyl/N-ethyl adjacent to an activating group) is 1. The quantitative estimate of drug-likeness (QED) is 0.763. The third-order valence-corrected chi connectivity index (χ3v) is 4.62. The molecule has 1 aliphatic rings. The monoisotopic (exact) mass is 354 g/mol. The van der Waals surface area contributed by atoms with Crippen LogP contribution in [0.5, 0.6) is 11.5 Å². The number of unbranched alkanes of at least 4 members (excludes halogenated alkanes) is 1. The third kappa shape index (κ3) is 4.54. The Morgan fingerprint density at radius 3 is 2.92 bits per heavy atom. The lowest BCUT2D eigenvalue weighted by Gasteiger charge is -2.32. The molecule has 1 amide bonds. The van der Waals surface area contributed by atoms with Gasteiger partial charge in [0.2, 0.25) is 0 Å². The Morgan fingerprint density at radius 1 is 1.46 bits per heavy atom. The molecule has 1 unspecified atom stereocenters. The summed E-state index contributed by atoms with van der Waals surface area (Å²) >= 11 is 6.34. The van der Waals surface area contributed by atoms with Crippen LogP contribution in [-0.2, 0) is 0 Å². The fourth-order valence-electron chi connectivity index (χ4n) is 2.88. The van der Waals surface area contributed by atoms with Crippen LogP contribution in [0.4, 0.5) is 0 Å². The molecule has 0 saturated carbocycles. The van der Waals surface area contributed by atoms with Crippen LogP contribution in [0.25, 0.3) is 0 Å². The number of nitrogens with one attached hydrogen (secondary N) is 1. The van der Waals surface area contributed by atoms with Crippen LogP contribution < -0.4 is 14.8 Å². The highest BCUT2D eigenvalue weighted by molar-refractivity contribution is 6.32. The van der Waals surface area contributed by atoms with Gasteiger partial charge in [0, 0.05) is 24.7 Å². The number of hydrogen-bond donors (Lipinski definition) is 1. The lowest BCUT2D eigenvalue weighted by molar-refractivity contribution is 0.0697. The van der Waals surface area contributed by atoms with E-state index in [1.165, 1.54) is 0 Å². The van der Waals surface area contributed by atoms with Crippen molar-refractivity contribution in [2.75, 3.05) is 33.9 Å². The minimum absolute atomic E-state index is 0.0183. The van der Waals surface area contributed by atoms with Crippen LogP contribution in [0.2, 0.25) is 5.02 Å². The van der Waals surface area contributed by atoms with Crippen molar-refractivity contribution in [3.8, 4) is 11.5 Å². The summed E-state index contributed by atoms with van der Waals surface area (Å²) in [4.78, 5) is 14.7. The molecule has 2 rings (SSSR count). The molecule has 1 heterocycles. The molecule has 5 nitrogen and oxygen atoms in total. The molecule has 24 heavy (non-hydrogen) atoms. The van der Waals surface area contributed by atoms with Gasteiger partial charge in [-0.2, -0.15) is 0 Å². The van der Waals surface area contributed by atoms with Crippen molar-refractivity contribution >= 4 is 17.5 Å². The van der Waals surface area contributed by atoms with Gasteiger partial charge < -0.3 is 19.7 Å². The van der Waals surface area contributed by atoms with Crippen LogP contribution in [-0.4, -0.2) is 50.7 Å². The molecule has 0 aliphatic carbocycles. The average molecular weight is 355 g/mol. The van der Waals surface area contributed by atoms with Crippen molar-refractivity contribution in [3.05, 3.63) is 22.7 Å². The highest BCUT2D eigenvalue weighted by atomic mass is 35.5. The van der Waals surface area contributed by atoms with Crippen molar-refractivity contribution in [2.24, 2.45) is 0 Å². The van der Waals surface area contributed by atoms with Gasteiger partial charge in [-0.25, -0.2) is 0 Å². The van der Waals surface area contributed by atoms with Crippen LogP contribution in [0.3, 0.4) is 0 Å². The van der Waals surface area contributed by atoms with E-state index in [4.69, 9.17) is 21.1 Å². The Kier molecular flexibility index (Phi) is 7.18.